The van der Waals surface area contributed by atoms with Gasteiger partial charge in [0.25, 0.3) is 0 Å². The Morgan fingerprint density at radius 1 is 1.48 bits per heavy atom. The van der Waals surface area contributed by atoms with Crippen molar-refractivity contribution in [3.63, 3.8) is 0 Å². The summed E-state index contributed by atoms with van der Waals surface area (Å²) in [7, 11) is 0. The maximum Gasteiger partial charge on any atom is 0.325 e. The van der Waals surface area contributed by atoms with E-state index in [4.69, 9.17) is 4.42 Å². The van der Waals surface area contributed by atoms with Crippen molar-refractivity contribution in [2.75, 3.05) is 19.6 Å². The van der Waals surface area contributed by atoms with E-state index in [-0.39, 0.29) is 12.1 Å². The van der Waals surface area contributed by atoms with E-state index in [1.807, 2.05) is 30.7 Å². The van der Waals surface area contributed by atoms with Crippen LogP contribution < -0.4 is 10.6 Å². The second-order valence-electron chi connectivity index (χ2n) is 5.36. The van der Waals surface area contributed by atoms with Crippen molar-refractivity contribution in [1.29, 1.82) is 0 Å². The van der Waals surface area contributed by atoms with Gasteiger partial charge in [0.05, 0.1) is 24.1 Å². The lowest BCUT2D eigenvalue weighted by atomic mass is 10.1. The van der Waals surface area contributed by atoms with E-state index < -0.39 is 0 Å². The molecule has 8 nitrogen and oxygen atoms in total. The quantitative estimate of drug-likeness (QED) is 0.893. The van der Waals surface area contributed by atoms with Crippen LogP contribution in [0.2, 0.25) is 0 Å². The molecule has 0 spiro atoms. The summed E-state index contributed by atoms with van der Waals surface area (Å²) in [5, 5.41) is 9.82. The van der Waals surface area contributed by atoms with Crippen molar-refractivity contribution in [2.24, 2.45) is 0 Å². The first kappa shape index (κ1) is 15.1. The van der Waals surface area contributed by atoms with Crippen LogP contribution in [-0.2, 0) is 6.54 Å². The summed E-state index contributed by atoms with van der Waals surface area (Å²) in [6.45, 7) is 5.70. The van der Waals surface area contributed by atoms with E-state index in [9.17, 15) is 9.59 Å². The van der Waals surface area contributed by atoms with Gasteiger partial charge in [-0.25, -0.2) is 14.5 Å². The van der Waals surface area contributed by atoms with Gasteiger partial charge in [-0.2, -0.15) is 5.10 Å². The second kappa shape index (κ2) is 6.15. The van der Waals surface area contributed by atoms with Gasteiger partial charge in [-0.15, -0.1) is 0 Å². The molecule has 122 valence electrons. The Kier molecular flexibility index (Phi) is 4.05. The van der Waals surface area contributed by atoms with Gasteiger partial charge >= 0.3 is 12.1 Å². The first-order chi connectivity index (χ1) is 11.1. The Hall–Kier alpha value is -2.77. The van der Waals surface area contributed by atoms with Gasteiger partial charge < -0.3 is 15.1 Å². The van der Waals surface area contributed by atoms with E-state index in [1.165, 1.54) is 0 Å². The highest BCUT2D eigenvalue weighted by molar-refractivity contribution is 5.94. The molecule has 3 rings (SSSR count). The topological polar surface area (TPSA) is 92.4 Å². The minimum Gasteiger partial charge on any atom is -0.464 e. The molecule has 0 radical (unpaired) electrons. The molecule has 0 aromatic carbocycles. The van der Waals surface area contributed by atoms with E-state index >= 15 is 0 Å². The Morgan fingerprint density at radius 3 is 2.96 bits per heavy atom. The fourth-order valence-corrected chi connectivity index (χ4v) is 2.72. The van der Waals surface area contributed by atoms with Crippen LogP contribution in [0.15, 0.2) is 22.8 Å². The summed E-state index contributed by atoms with van der Waals surface area (Å²) in [6.07, 6.45) is 1.63. The van der Waals surface area contributed by atoms with Crippen molar-refractivity contribution < 1.29 is 14.0 Å². The fraction of sp³-hybridized carbons (Fsp3) is 0.400. The molecule has 0 bridgehead atoms. The van der Waals surface area contributed by atoms with Crippen LogP contribution in [0.3, 0.4) is 0 Å². The molecule has 1 saturated heterocycles. The molecule has 4 amide bonds. The number of carbonyl (C=O) groups excluding carboxylic acids is 2. The highest BCUT2D eigenvalue weighted by Crippen LogP contribution is 2.26. The molecule has 1 fully saturated rings. The Balaban J connectivity index is 1.62. The summed E-state index contributed by atoms with van der Waals surface area (Å²) in [5.74, 6) is 0.782. The zero-order valence-corrected chi connectivity index (χ0v) is 13.1. The van der Waals surface area contributed by atoms with E-state index in [2.05, 4.69) is 15.7 Å². The van der Waals surface area contributed by atoms with Gasteiger partial charge in [-0.05, 0) is 26.0 Å². The molecule has 23 heavy (non-hydrogen) atoms. The summed E-state index contributed by atoms with van der Waals surface area (Å²) in [6, 6.07) is 3.00. The molecule has 0 atom stereocenters. The number of rotatable bonds is 4. The first-order valence-corrected chi connectivity index (χ1v) is 7.49. The highest BCUT2D eigenvalue weighted by Gasteiger charge is 2.25. The maximum absolute atomic E-state index is 11.9. The number of nitrogens with zero attached hydrogens (tertiary/aromatic N) is 3. The molecular formula is C15H19N5O3. The third-order valence-electron chi connectivity index (χ3n) is 3.85. The normalized spacial score (nSPS) is 14.2. The molecule has 2 aromatic heterocycles. The third kappa shape index (κ3) is 2.92. The van der Waals surface area contributed by atoms with Crippen molar-refractivity contribution >= 4 is 12.1 Å². The number of hydrogen-bond acceptors (Lipinski definition) is 4. The molecule has 1 aliphatic heterocycles. The number of furan rings is 1. The Morgan fingerprint density at radius 2 is 2.30 bits per heavy atom. The number of urea groups is 2. The number of aromatic nitrogens is 2. The number of carbonyl (C=O) groups is 2. The maximum atomic E-state index is 11.9. The van der Waals surface area contributed by atoms with Crippen LogP contribution in [0.4, 0.5) is 9.59 Å². The van der Waals surface area contributed by atoms with Crippen LogP contribution >= 0.6 is 0 Å². The number of imide groups is 1. The average Bonchev–Trinajstić information content (AvgIpc) is 3.22. The van der Waals surface area contributed by atoms with Crippen LogP contribution in [0.25, 0.3) is 11.3 Å². The molecule has 3 heterocycles. The van der Waals surface area contributed by atoms with Crippen molar-refractivity contribution in [2.45, 2.75) is 20.4 Å². The van der Waals surface area contributed by atoms with Gasteiger partial charge in [0, 0.05) is 25.3 Å². The van der Waals surface area contributed by atoms with Crippen LogP contribution in [0.5, 0.6) is 0 Å². The minimum atomic E-state index is -0.382. The van der Waals surface area contributed by atoms with E-state index in [0.29, 0.717) is 26.2 Å². The number of hydrogen-bond donors (Lipinski definition) is 2. The molecule has 1 aliphatic rings. The fourth-order valence-electron chi connectivity index (χ4n) is 2.72. The molecule has 2 N–H and O–H groups in total. The summed E-state index contributed by atoms with van der Waals surface area (Å²) >= 11 is 0. The molecule has 2 aromatic rings. The van der Waals surface area contributed by atoms with Crippen LogP contribution in [0, 0.1) is 13.8 Å². The van der Waals surface area contributed by atoms with Crippen molar-refractivity contribution in [1.82, 2.24) is 25.3 Å². The number of nitrogens with one attached hydrogen (secondary N) is 2. The van der Waals surface area contributed by atoms with Gasteiger partial charge in [0.1, 0.15) is 5.76 Å². The monoisotopic (exact) mass is 317 g/mol. The van der Waals surface area contributed by atoms with Gasteiger partial charge in [-0.3, -0.25) is 4.68 Å². The summed E-state index contributed by atoms with van der Waals surface area (Å²) in [5.41, 5.74) is 2.83. The Bertz CT molecular complexity index is 720. The Labute approximate surface area is 133 Å². The lowest BCUT2D eigenvalue weighted by Crippen LogP contribution is -2.42. The standard InChI is InChI=1S/C15H19N5O3/c1-10-13(12-4-3-9-23-12)11(2)20(18-10)8-6-17-15(22)19-7-5-16-14(19)21/h3-4,9H,5-8H2,1-2H3,(H,16,21)(H,17,22). The van der Waals surface area contributed by atoms with Gasteiger partial charge in [0.2, 0.25) is 0 Å². The van der Waals surface area contributed by atoms with E-state index in [1.54, 1.807) is 6.26 Å². The number of aryl methyl sites for hydroxylation is 1. The molecule has 0 saturated carbocycles. The molecule has 0 aliphatic carbocycles. The SMILES string of the molecule is Cc1nn(CCNC(=O)N2CCNC2=O)c(C)c1-c1ccco1. The predicted octanol–water partition coefficient (Wildman–Crippen LogP) is 1.49. The van der Waals surface area contributed by atoms with Gasteiger partial charge in [-0.1, -0.05) is 0 Å². The lowest BCUT2D eigenvalue weighted by molar-refractivity contribution is 0.198. The summed E-state index contributed by atoms with van der Waals surface area (Å²) < 4.78 is 7.27. The zero-order chi connectivity index (χ0) is 16.4. The molecule has 8 heteroatoms. The third-order valence-corrected chi connectivity index (χ3v) is 3.85. The van der Waals surface area contributed by atoms with Gasteiger partial charge in [0.15, 0.2) is 0 Å². The molecule has 0 unspecified atom stereocenters. The zero-order valence-electron chi connectivity index (χ0n) is 13.1. The van der Waals surface area contributed by atoms with Crippen LogP contribution in [0.1, 0.15) is 11.4 Å². The highest BCUT2D eigenvalue weighted by atomic mass is 16.3. The smallest absolute Gasteiger partial charge is 0.325 e. The van der Waals surface area contributed by atoms with E-state index in [0.717, 1.165) is 27.6 Å². The lowest BCUT2D eigenvalue weighted by Gasteiger charge is -2.13. The van der Waals surface area contributed by atoms with Crippen molar-refractivity contribution in [3.8, 4) is 11.3 Å². The van der Waals surface area contributed by atoms with Crippen molar-refractivity contribution in [3.05, 3.63) is 29.8 Å². The number of amides is 4. The average molecular weight is 317 g/mol. The predicted molar refractivity (Wildman–Crippen MR) is 82.9 cm³/mol. The largest absolute Gasteiger partial charge is 0.464 e. The molecular weight excluding hydrogens is 298 g/mol. The summed E-state index contributed by atoms with van der Waals surface area (Å²) in [4.78, 5) is 24.5. The van der Waals surface area contributed by atoms with Crippen LogP contribution in [-0.4, -0.2) is 46.4 Å². The first-order valence-electron chi connectivity index (χ1n) is 7.49. The second-order valence-corrected chi connectivity index (χ2v) is 5.36. The minimum absolute atomic E-state index is 0.353.